The van der Waals surface area contributed by atoms with E-state index in [9.17, 15) is 5.11 Å². The second-order valence-electron chi connectivity index (χ2n) is 4.70. The van der Waals surface area contributed by atoms with Crippen molar-refractivity contribution in [3.8, 4) is 0 Å². The average Bonchev–Trinajstić information content (AvgIpc) is 2.31. The van der Waals surface area contributed by atoms with Crippen LogP contribution in [0.1, 0.15) is 25.3 Å². The highest BCUT2D eigenvalue weighted by Crippen LogP contribution is 2.33. The number of hydrogen-bond acceptors (Lipinski definition) is 2. The Kier molecular flexibility index (Phi) is 3.67. The lowest BCUT2D eigenvalue weighted by Gasteiger charge is -2.36. The Labute approximate surface area is 105 Å². The Balaban J connectivity index is 2.19. The predicted molar refractivity (Wildman–Crippen MR) is 69.3 cm³/mol. The van der Waals surface area contributed by atoms with Gasteiger partial charge in [0.2, 0.25) is 0 Å². The van der Waals surface area contributed by atoms with Crippen molar-refractivity contribution in [3.63, 3.8) is 0 Å². The minimum atomic E-state index is -0.728. The molecule has 1 aromatic rings. The van der Waals surface area contributed by atoms with Crippen LogP contribution in [0.25, 0.3) is 0 Å². The lowest BCUT2D eigenvalue weighted by Crippen LogP contribution is -2.42. The number of halogens is 1. The number of benzene rings is 1. The third-order valence-electron chi connectivity index (χ3n) is 3.52. The van der Waals surface area contributed by atoms with Gasteiger partial charge in [0.1, 0.15) is 0 Å². The highest BCUT2D eigenvalue weighted by molar-refractivity contribution is 9.10. The largest absolute Gasteiger partial charge is 0.385 e. The van der Waals surface area contributed by atoms with E-state index in [4.69, 9.17) is 0 Å². The van der Waals surface area contributed by atoms with Crippen LogP contribution in [0.5, 0.6) is 0 Å². The molecule has 1 fully saturated rings. The fraction of sp³-hybridized carbons (Fsp3) is 0.538. The van der Waals surface area contributed by atoms with E-state index in [1.165, 1.54) is 0 Å². The van der Waals surface area contributed by atoms with Gasteiger partial charge in [-0.2, -0.15) is 0 Å². The first kappa shape index (κ1) is 12.1. The maximum absolute atomic E-state index is 10.6. The topological polar surface area (TPSA) is 32.3 Å². The van der Waals surface area contributed by atoms with Gasteiger partial charge in [-0.15, -0.1) is 0 Å². The number of rotatable bonds is 2. The van der Waals surface area contributed by atoms with Crippen LogP contribution >= 0.6 is 15.9 Å². The van der Waals surface area contributed by atoms with Crippen molar-refractivity contribution >= 4 is 15.9 Å². The maximum Gasteiger partial charge on any atom is 0.0908 e. The smallest absolute Gasteiger partial charge is 0.0908 e. The molecule has 1 aliphatic heterocycles. The Bertz CT molecular complexity index is 341. The van der Waals surface area contributed by atoms with Gasteiger partial charge in [0.15, 0.2) is 0 Å². The summed E-state index contributed by atoms with van der Waals surface area (Å²) in [4.78, 5) is 0. The van der Waals surface area contributed by atoms with E-state index >= 15 is 0 Å². The molecule has 0 aromatic heterocycles. The zero-order chi connectivity index (χ0) is 11.6. The summed E-state index contributed by atoms with van der Waals surface area (Å²) in [6.07, 6.45) is 2.24. The van der Waals surface area contributed by atoms with Crippen LogP contribution in [0.3, 0.4) is 0 Å². The van der Waals surface area contributed by atoms with E-state index < -0.39 is 5.60 Å². The van der Waals surface area contributed by atoms with Crippen molar-refractivity contribution in [2.24, 2.45) is 5.92 Å². The van der Waals surface area contributed by atoms with Gasteiger partial charge in [0.05, 0.1) is 5.60 Å². The van der Waals surface area contributed by atoms with Crippen molar-refractivity contribution in [3.05, 3.63) is 34.3 Å². The first-order chi connectivity index (χ1) is 7.60. The Hall–Kier alpha value is -0.380. The normalized spacial score (nSPS) is 25.1. The molecule has 0 aliphatic carbocycles. The van der Waals surface area contributed by atoms with Crippen LogP contribution < -0.4 is 5.32 Å². The average molecular weight is 284 g/mol. The van der Waals surface area contributed by atoms with Crippen LogP contribution in [-0.4, -0.2) is 18.2 Å². The third-order valence-corrected chi connectivity index (χ3v) is 4.05. The fourth-order valence-electron chi connectivity index (χ4n) is 2.35. The van der Waals surface area contributed by atoms with Crippen molar-refractivity contribution in [2.75, 3.05) is 13.1 Å². The summed E-state index contributed by atoms with van der Waals surface area (Å²) in [5, 5.41) is 14.0. The van der Waals surface area contributed by atoms with Crippen LogP contribution in [0.15, 0.2) is 28.7 Å². The Morgan fingerprint density at radius 1 is 1.38 bits per heavy atom. The quantitative estimate of drug-likeness (QED) is 0.875. The lowest BCUT2D eigenvalue weighted by atomic mass is 9.79. The molecule has 2 rings (SSSR count). The SMILES string of the molecule is CC(O)(c1ccc(Br)cc1)C1CCCNC1. The summed E-state index contributed by atoms with van der Waals surface area (Å²) in [6.45, 7) is 3.91. The van der Waals surface area contributed by atoms with Gasteiger partial charge in [-0.05, 0) is 44.0 Å². The molecule has 0 spiro atoms. The molecule has 0 radical (unpaired) electrons. The van der Waals surface area contributed by atoms with Gasteiger partial charge in [-0.3, -0.25) is 0 Å². The second-order valence-corrected chi connectivity index (χ2v) is 5.61. The summed E-state index contributed by atoms with van der Waals surface area (Å²) >= 11 is 3.41. The second kappa shape index (κ2) is 4.86. The Morgan fingerprint density at radius 3 is 2.62 bits per heavy atom. The predicted octanol–water partition coefficient (Wildman–Crippen LogP) is 2.66. The number of hydrogen-bond donors (Lipinski definition) is 2. The molecule has 1 aromatic carbocycles. The van der Waals surface area contributed by atoms with Crippen molar-refractivity contribution < 1.29 is 5.11 Å². The molecule has 2 nitrogen and oxygen atoms in total. The molecule has 2 atom stereocenters. The maximum atomic E-state index is 10.6. The van der Waals surface area contributed by atoms with Crippen LogP contribution in [-0.2, 0) is 5.60 Å². The zero-order valence-corrected chi connectivity index (χ0v) is 11.1. The van der Waals surface area contributed by atoms with Crippen LogP contribution in [0, 0.1) is 5.92 Å². The standard InChI is InChI=1S/C13H18BrNO/c1-13(16,11-3-2-8-15-9-11)10-4-6-12(14)7-5-10/h4-7,11,15-16H,2-3,8-9H2,1H3. The van der Waals surface area contributed by atoms with E-state index in [1.54, 1.807) is 0 Å². The first-order valence-corrected chi connectivity index (χ1v) is 6.59. The first-order valence-electron chi connectivity index (χ1n) is 5.80. The molecule has 0 amide bonds. The van der Waals surface area contributed by atoms with Crippen LogP contribution in [0.2, 0.25) is 0 Å². The van der Waals surface area contributed by atoms with E-state index in [0.717, 1.165) is 36.0 Å². The molecule has 0 bridgehead atoms. The summed E-state index contributed by atoms with van der Waals surface area (Å²) in [5.41, 5.74) is 0.276. The molecule has 0 saturated carbocycles. The molecule has 1 aliphatic rings. The minimum absolute atomic E-state index is 0.308. The van der Waals surface area contributed by atoms with E-state index in [1.807, 2.05) is 31.2 Å². The van der Waals surface area contributed by atoms with Crippen molar-refractivity contribution in [1.29, 1.82) is 0 Å². The summed E-state index contributed by atoms with van der Waals surface area (Å²) in [6, 6.07) is 7.97. The molecule has 2 unspecified atom stereocenters. The van der Waals surface area contributed by atoms with Gasteiger partial charge in [0.25, 0.3) is 0 Å². The minimum Gasteiger partial charge on any atom is -0.385 e. The summed E-state index contributed by atoms with van der Waals surface area (Å²) < 4.78 is 1.05. The number of nitrogens with one attached hydrogen (secondary N) is 1. The van der Waals surface area contributed by atoms with E-state index in [2.05, 4.69) is 21.2 Å². The molecule has 16 heavy (non-hydrogen) atoms. The van der Waals surface area contributed by atoms with Gasteiger partial charge in [-0.25, -0.2) is 0 Å². The lowest BCUT2D eigenvalue weighted by molar-refractivity contribution is -0.0156. The summed E-state index contributed by atoms with van der Waals surface area (Å²) in [7, 11) is 0. The highest BCUT2D eigenvalue weighted by atomic mass is 79.9. The zero-order valence-electron chi connectivity index (χ0n) is 9.54. The summed E-state index contributed by atoms with van der Waals surface area (Å²) in [5.74, 6) is 0.308. The Morgan fingerprint density at radius 2 is 2.06 bits per heavy atom. The molecule has 3 heteroatoms. The number of aliphatic hydroxyl groups is 1. The monoisotopic (exact) mass is 283 g/mol. The molecular weight excluding hydrogens is 266 g/mol. The number of piperidine rings is 1. The molecule has 1 heterocycles. The van der Waals surface area contributed by atoms with Gasteiger partial charge >= 0.3 is 0 Å². The van der Waals surface area contributed by atoms with Crippen molar-refractivity contribution in [1.82, 2.24) is 5.32 Å². The van der Waals surface area contributed by atoms with Gasteiger partial charge in [0, 0.05) is 16.9 Å². The van der Waals surface area contributed by atoms with Gasteiger partial charge < -0.3 is 10.4 Å². The molecule has 1 saturated heterocycles. The van der Waals surface area contributed by atoms with Gasteiger partial charge in [-0.1, -0.05) is 28.1 Å². The van der Waals surface area contributed by atoms with E-state index in [-0.39, 0.29) is 0 Å². The van der Waals surface area contributed by atoms with Crippen molar-refractivity contribution in [2.45, 2.75) is 25.4 Å². The van der Waals surface area contributed by atoms with Crippen LogP contribution in [0.4, 0.5) is 0 Å². The molecule has 88 valence electrons. The highest BCUT2D eigenvalue weighted by Gasteiger charge is 2.34. The fourth-order valence-corrected chi connectivity index (χ4v) is 2.62. The van der Waals surface area contributed by atoms with E-state index in [0.29, 0.717) is 5.92 Å². The molecular formula is C13H18BrNO. The molecule has 2 N–H and O–H groups in total. The third kappa shape index (κ3) is 2.47.